The van der Waals surface area contributed by atoms with Gasteiger partial charge in [0.15, 0.2) is 10.9 Å². The molecule has 1 N–H and O–H groups in total. The Labute approximate surface area is 381 Å². The number of benzene rings is 3. The first-order valence-electron chi connectivity index (χ1n) is 18.7. The van der Waals surface area contributed by atoms with Crippen molar-refractivity contribution in [1.29, 1.82) is 0 Å². The highest BCUT2D eigenvalue weighted by molar-refractivity contribution is 6.53. The molecule has 1 saturated heterocycles. The lowest BCUT2D eigenvalue weighted by Crippen LogP contribution is -2.45. The van der Waals surface area contributed by atoms with Gasteiger partial charge in [-0.2, -0.15) is 13.2 Å². The van der Waals surface area contributed by atoms with E-state index in [1.165, 1.54) is 17.0 Å². The molecule has 0 saturated carbocycles. The summed E-state index contributed by atoms with van der Waals surface area (Å²) >= 11 is 28.6. The third-order valence-corrected chi connectivity index (χ3v) is 10.1. The molecule has 1 aliphatic rings. The van der Waals surface area contributed by atoms with Gasteiger partial charge in [0.2, 0.25) is 5.91 Å². The lowest BCUT2D eigenvalue weighted by Gasteiger charge is -2.29. The van der Waals surface area contributed by atoms with Crippen molar-refractivity contribution < 1.29 is 60.8 Å². The number of alkyl halides is 6. The number of aliphatic carboxylic acids is 1. The quantitative estimate of drug-likeness (QED) is 0.0781. The monoisotopic (exact) mass is 968 g/mol. The van der Waals surface area contributed by atoms with Crippen LogP contribution in [-0.4, -0.2) is 76.2 Å². The summed E-state index contributed by atoms with van der Waals surface area (Å²) in [6.45, 7) is 11.9. The smallest absolute Gasteiger partial charge is 0.416 e. The molecule has 1 fully saturated rings. The summed E-state index contributed by atoms with van der Waals surface area (Å²) in [6.07, 6.45) is -3.80. The summed E-state index contributed by atoms with van der Waals surface area (Å²) in [5, 5.41) is 8.46. The van der Waals surface area contributed by atoms with Gasteiger partial charge >= 0.3 is 18.1 Å². The molecule has 0 radical (unpaired) electrons. The second kappa shape index (κ2) is 23.5. The molecule has 0 bridgehead atoms. The van der Waals surface area contributed by atoms with Crippen LogP contribution < -0.4 is 9.64 Å². The maximum atomic E-state index is 12.7. The number of amides is 2. The highest BCUT2D eigenvalue weighted by Crippen LogP contribution is 2.38. The maximum Gasteiger partial charge on any atom is 0.416 e. The highest BCUT2D eigenvalue weighted by Gasteiger charge is 2.45. The molecule has 0 spiro atoms. The van der Waals surface area contributed by atoms with Crippen LogP contribution in [0.25, 0.3) is 0 Å². The number of carboxylic acids is 1. The number of ether oxygens (including phenoxy) is 4. The minimum absolute atomic E-state index is 0.0246. The molecule has 1 aromatic heterocycles. The lowest BCUT2D eigenvalue weighted by molar-refractivity contribution is -0.146. The molecule has 3 aromatic carbocycles. The van der Waals surface area contributed by atoms with Crippen molar-refractivity contribution in [2.24, 2.45) is 0 Å². The van der Waals surface area contributed by atoms with E-state index in [0.29, 0.717) is 25.0 Å². The summed E-state index contributed by atoms with van der Waals surface area (Å²) in [4.78, 5) is 48.6. The molecule has 4 aromatic rings. The van der Waals surface area contributed by atoms with Crippen molar-refractivity contribution in [3.63, 3.8) is 0 Å². The molecule has 2 atom stereocenters. The Morgan fingerprint density at radius 1 is 1.00 bits per heavy atom. The van der Waals surface area contributed by atoms with Gasteiger partial charge in [-0.05, 0) is 101 Å². The second-order valence-corrected chi connectivity index (χ2v) is 15.8. The van der Waals surface area contributed by atoms with Gasteiger partial charge in [0, 0.05) is 6.61 Å². The Morgan fingerprint density at radius 3 is 2.24 bits per heavy atom. The fourth-order valence-electron chi connectivity index (χ4n) is 5.72. The number of esters is 1. The van der Waals surface area contributed by atoms with Gasteiger partial charge in [-0.3, -0.25) is 14.5 Å². The number of hydrogen-bond donors (Lipinski definition) is 1. The highest BCUT2D eigenvalue weighted by atomic mass is 35.5. The summed E-state index contributed by atoms with van der Waals surface area (Å²) in [6, 6.07) is 16.0. The zero-order chi connectivity index (χ0) is 46.5. The zero-order valence-electron chi connectivity index (χ0n) is 34.2. The molecule has 0 aliphatic carbocycles. The summed E-state index contributed by atoms with van der Waals surface area (Å²) in [5.41, 5.74) is 1.27. The number of rotatable bonds is 13. The summed E-state index contributed by atoms with van der Waals surface area (Å²) in [7, 11) is 0. The normalized spacial score (nSPS) is 14.8. The van der Waals surface area contributed by atoms with E-state index in [1.807, 2.05) is 38.1 Å². The fourth-order valence-corrected chi connectivity index (χ4v) is 6.52. The number of aryl methyl sites for hydroxylation is 2. The van der Waals surface area contributed by atoms with E-state index < -0.39 is 40.3 Å². The van der Waals surface area contributed by atoms with Gasteiger partial charge < -0.3 is 33.4 Å². The zero-order valence-corrected chi connectivity index (χ0v) is 38.0. The van der Waals surface area contributed by atoms with E-state index in [9.17, 15) is 32.3 Å². The van der Waals surface area contributed by atoms with Gasteiger partial charge in [0.1, 0.15) is 41.7 Å². The van der Waals surface area contributed by atoms with Gasteiger partial charge in [0.25, 0.3) is 5.91 Å². The standard InChI is InChI=1S/C17H11Cl2F3O5.C14H20ClNO2.C11H13Cl2NO3/c1-8(15(23)24)26-16(25)11-7-10(3-4-12(11)18)27-14-5-2-9(6-13(14)19)17(20,21)22;1-4-12-8-6-7-11(3)14(12)16(10-18-5-2)13(17)9-15;1-11(2)14(10(15)9(12)13)6-8(17-11)7-4-3-5-16-7/h2-8H,1H3,(H,23,24);6-8H,4-5,9-10H2,1-3H3;3-5,8-9H,6H2,1-2H3/t8-;;/m0../s1. The van der Waals surface area contributed by atoms with Crippen LogP contribution >= 0.6 is 58.0 Å². The lowest BCUT2D eigenvalue weighted by atomic mass is 10.0. The SMILES string of the molecule is CC1(C)OC(c2ccco2)CN1C(=O)C(Cl)Cl.CCOCN(C(=O)CCl)c1c(C)cccc1CC.C[C@H](OC(=O)c1cc(Oc2ccc(C(F)(F)F)cc2Cl)ccc1Cl)C(=O)O. The van der Waals surface area contributed by atoms with E-state index in [-0.39, 0.29) is 57.6 Å². The van der Waals surface area contributed by atoms with Crippen LogP contribution in [0, 0.1) is 6.92 Å². The molecule has 2 heterocycles. The molecular weight excluding hydrogens is 927 g/mol. The predicted molar refractivity (Wildman–Crippen MR) is 230 cm³/mol. The molecule has 20 heteroatoms. The van der Waals surface area contributed by atoms with Crippen molar-refractivity contribution in [1.82, 2.24) is 4.90 Å². The van der Waals surface area contributed by atoms with Gasteiger partial charge in [-0.25, -0.2) is 9.59 Å². The maximum absolute atomic E-state index is 12.7. The first-order chi connectivity index (χ1) is 29.1. The molecule has 1 aliphatic heterocycles. The summed E-state index contributed by atoms with van der Waals surface area (Å²) in [5.74, 6) is -2.22. The van der Waals surface area contributed by atoms with Crippen LogP contribution in [0.2, 0.25) is 10.0 Å². The average Bonchev–Trinajstić information content (AvgIpc) is 3.87. The Bertz CT molecular complexity index is 2160. The largest absolute Gasteiger partial charge is 0.479 e. The Hall–Kier alpha value is -4.22. The van der Waals surface area contributed by atoms with Crippen molar-refractivity contribution in [3.05, 3.63) is 111 Å². The van der Waals surface area contributed by atoms with Gasteiger partial charge in [-0.1, -0.05) is 71.5 Å². The van der Waals surface area contributed by atoms with E-state index >= 15 is 0 Å². The number of para-hydroxylation sites is 1. The van der Waals surface area contributed by atoms with E-state index in [4.69, 9.17) is 86.5 Å². The molecule has 338 valence electrons. The molecule has 12 nitrogen and oxygen atoms in total. The first kappa shape index (κ1) is 52.1. The van der Waals surface area contributed by atoms with E-state index in [1.54, 1.807) is 31.1 Å². The van der Waals surface area contributed by atoms with Crippen LogP contribution in [0.15, 0.2) is 77.4 Å². The number of anilines is 1. The van der Waals surface area contributed by atoms with Crippen LogP contribution in [0.4, 0.5) is 18.9 Å². The van der Waals surface area contributed by atoms with Crippen LogP contribution in [0.3, 0.4) is 0 Å². The molecule has 1 unspecified atom stereocenters. The second-order valence-electron chi connectivity index (χ2n) is 13.6. The summed E-state index contributed by atoms with van der Waals surface area (Å²) < 4.78 is 64.5. The number of carbonyl (C=O) groups is 4. The minimum Gasteiger partial charge on any atom is -0.479 e. The van der Waals surface area contributed by atoms with Crippen LogP contribution in [-0.2, 0) is 41.2 Å². The van der Waals surface area contributed by atoms with Crippen molar-refractivity contribution in [2.45, 2.75) is 76.9 Å². The molecule has 2 amide bonds. The number of furan rings is 1. The number of nitrogens with zero attached hydrogens (tertiary/aromatic N) is 2. The van der Waals surface area contributed by atoms with Crippen molar-refractivity contribution in [2.75, 3.05) is 30.7 Å². The molecular formula is C42H44Cl5F3N2O10. The Kier molecular flexibility index (Phi) is 19.7. The number of carbonyl (C=O) groups excluding carboxylic acids is 3. The van der Waals surface area contributed by atoms with Crippen LogP contribution in [0.1, 0.15) is 73.5 Å². The van der Waals surface area contributed by atoms with Crippen molar-refractivity contribution in [3.8, 4) is 11.5 Å². The first-order valence-corrected chi connectivity index (χ1v) is 20.8. The van der Waals surface area contributed by atoms with Gasteiger partial charge in [0.05, 0.1) is 39.7 Å². The molecule has 5 rings (SSSR count). The average molecular weight is 971 g/mol. The topological polar surface area (TPSA) is 145 Å². The fraction of sp³-hybridized carbons (Fsp3) is 0.381. The molecule has 62 heavy (non-hydrogen) atoms. The Morgan fingerprint density at radius 2 is 1.69 bits per heavy atom. The Balaban J connectivity index is 0.000000257. The van der Waals surface area contributed by atoms with Crippen molar-refractivity contribution >= 4 is 87.4 Å². The van der Waals surface area contributed by atoms with E-state index in [0.717, 1.165) is 48.4 Å². The minimum atomic E-state index is -4.56. The number of halogens is 8. The third-order valence-electron chi connectivity index (χ3n) is 8.83. The number of carboxylic acid groups (broad SMARTS) is 1. The van der Waals surface area contributed by atoms with Gasteiger partial charge in [-0.15, -0.1) is 11.6 Å². The third kappa shape index (κ3) is 14.4. The van der Waals surface area contributed by atoms with E-state index in [2.05, 4.69) is 6.92 Å². The van der Waals surface area contributed by atoms with Crippen LogP contribution in [0.5, 0.6) is 11.5 Å². The predicted octanol–water partition coefficient (Wildman–Crippen LogP) is 11.3. The number of hydrogen-bond acceptors (Lipinski definition) is 9.